The van der Waals surface area contributed by atoms with Crippen molar-refractivity contribution in [2.24, 2.45) is 11.7 Å². The van der Waals surface area contributed by atoms with Gasteiger partial charge in [0.25, 0.3) is 5.91 Å². The fourth-order valence-corrected chi connectivity index (χ4v) is 5.32. The lowest BCUT2D eigenvalue weighted by atomic mass is 9.85. The van der Waals surface area contributed by atoms with Crippen LogP contribution in [0.5, 0.6) is 0 Å². The van der Waals surface area contributed by atoms with Gasteiger partial charge in [0, 0.05) is 35.2 Å². The molecular formula is C20H25ClN4O2S. The standard InChI is InChI=1S/C20H25ClN4O2S/c21-13-4-6-14(7-5-13)23-20(27)24-19-17(18(22)26)15-8-9-25(11-16(15)28-19)10-12-2-1-3-12/h4-7,12,20,23-24,27H,1-3,8-11H2,(H2,22,26). The molecule has 1 amide bonds. The summed E-state index contributed by atoms with van der Waals surface area (Å²) in [6.07, 6.45) is 3.77. The molecular weight excluding hydrogens is 396 g/mol. The largest absolute Gasteiger partial charge is 0.365 e. The van der Waals surface area contributed by atoms with Gasteiger partial charge in [-0.1, -0.05) is 18.0 Å². The van der Waals surface area contributed by atoms with Gasteiger partial charge in [0.2, 0.25) is 6.35 Å². The smallest absolute Gasteiger partial charge is 0.251 e. The number of aliphatic hydroxyl groups is 1. The zero-order chi connectivity index (χ0) is 19.7. The molecule has 2 heterocycles. The quantitative estimate of drug-likeness (QED) is 0.515. The SMILES string of the molecule is NC(=O)c1c(NC(O)Nc2ccc(Cl)cc2)sc2c1CCN(CC1CCC1)C2. The van der Waals surface area contributed by atoms with Crippen molar-refractivity contribution in [3.05, 3.63) is 45.3 Å². The topological polar surface area (TPSA) is 90.6 Å². The van der Waals surface area contributed by atoms with Crippen molar-refractivity contribution in [3.63, 3.8) is 0 Å². The molecule has 5 N–H and O–H groups in total. The summed E-state index contributed by atoms with van der Waals surface area (Å²) in [6, 6.07) is 7.04. The van der Waals surface area contributed by atoms with Crippen molar-refractivity contribution in [1.82, 2.24) is 4.90 Å². The Balaban J connectivity index is 1.47. The maximum Gasteiger partial charge on any atom is 0.251 e. The Bertz CT molecular complexity index is 851. The molecule has 1 fully saturated rings. The highest BCUT2D eigenvalue weighted by atomic mass is 35.5. The molecule has 1 aliphatic heterocycles. The first kappa shape index (κ1) is 19.5. The average Bonchev–Trinajstić information content (AvgIpc) is 2.97. The van der Waals surface area contributed by atoms with Gasteiger partial charge in [-0.05, 0) is 55.0 Å². The Morgan fingerprint density at radius 2 is 2.07 bits per heavy atom. The van der Waals surface area contributed by atoms with E-state index in [1.54, 1.807) is 24.3 Å². The van der Waals surface area contributed by atoms with Crippen molar-refractivity contribution >= 4 is 39.5 Å². The van der Waals surface area contributed by atoms with E-state index in [-0.39, 0.29) is 0 Å². The number of hydrogen-bond acceptors (Lipinski definition) is 6. The number of amides is 1. The predicted molar refractivity (Wildman–Crippen MR) is 114 cm³/mol. The molecule has 0 radical (unpaired) electrons. The van der Waals surface area contributed by atoms with Crippen LogP contribution < -0.4 is 16.4 Å². The fraction of sp³-hybridized carbons (Fsp3) is 0.450. The Morgan fingerprint density at radius 3 is 2.71 bits per heavy atom. The van der Waals surface area contributed by atoms with Crippen LogP contribution in [-0.2, 0) is 13.0 Å². The highest BCUT2D eigenvalue weighted by Gasteiger charge is 2.29. The van der Waals surface area contributed by atoms with Crippen LogP contribution in [0.4, 0.5) is 10.7 Å². The molecule has 1 aromatic carbocycles. The van der Waals surface area contributed by atoms with Gasteiger partial charge >= 0.3 is 0 Å². The molecule has 8 heteroatoms. The lowest BCUT2D eigenvalue weighted by Gasteiger charge is -2.34. The van der Waals surface area contributed by atoms with E-state index in [9.17, 15) is 9.90 Å². The van der Waals surface area contributed by atoms with Crippen molar-refractivity contribution in [1.29, 1.82) is 0 Å². The number of nitrogens with one attached hydrogen (secondary N) is 2. The van der Waals surface area contributed by atoms with Gasteiger partial charge < -0.3 is 21.5 Å². The molecule has 2 aliphatic rings. The minimum absolute atomic E-state index is 0.453. The zero-order valence-corrected chi connectivity index (χ0v) is 17.2. The molecule has 28 heavy (non-hydrogen) atoms. The van der Waals surface area contributed by atoms with E-state index < -0.39 is 12.3 Å². The second kappa shape index (κ2) is 8.29. The van der Waals surface area contributed by atoms with Crippen LogP contribution >= 0.6 is 22.9 Å². The maximum absolute atomic E-state index is 12.1. The summed E-state index contributed by atoms with van der Waals surface area (Å²) in [5, 5.41) is 17.6. The number of carbonyl (C=O) groups is 1. The first-order chi connectivity index (χ1) is 13.5. The lowest BCUT2D eigenvalue weighted by Crippen LogP contribution is -2.36. The van der Waals surface area contributed by atoms with Gasteiger partial charge in [0.15, 0.2) is 0 Å². The highest BCUT2D eigenvalue weighted by Crippen LogP contribution is 2.38. The van der Waals surface area contributed by atoms with Crippen LogP contribution in [0.3, 0.4) is 0 Å². The van der Waals surface area contributed by atoms with Gasteiger partial charge in [-0.25, -0.2) is 0 Å². The molecule has 4 rings (SSSR count). The average molecular weight is 421 g/mol. The number of nitrogens with zero attached hydrogens (tertiary/aromatic N) is 1. The van der Waals surface area contributed by atoms with Crippen molar-refractivity contribution < 1.29 is 9.90 Å². The Kier molecular flexibility index (Phi) is 5.78. The number of benzene rings is 1. The van der Waals surface area contributed by atoms with Gasteiger partial charge in [-0.3, -0.25) is 9.69 Å². The van der Waals surface area contributed by atoms with E-state index in [1.807, 2.05) is 0 Å². The van der Waals surface area contributed by atoms with E-state index in [0.29, 0.717) is 15.6 Å². The molecule has 2 aromatic rings. The van der Waals surface area contributed by atoms with Gasteiger partial charge in [-0.2, -0.15) is 0 Å². The summed E-state index contributed by atoms with van der Waals surface area (Å²) in [5.74, 6) is 0.367. The number of aliphatic hydroxyl groups excluding tert-OH is 1. The third-order valence-corrected chi connectivity index (χ3v) is 6.94. The third-order valence-electron chi connectivity index (χ3n) is 5.54. The third kappa shape index (κ3) is 4.27. The molecule has 1 atom stereocenters. The van der Waals surface area contributed by atoms with Crippen LogP contribution in [0.1, 0.15) is 40.1 Å². The number of rotatable bonds is 7. The summed E-state index contributed by atoms with van der Waals surface area (Å²) in [4.78, 5) is 15.7. The zero-order valence-electron chi connectivity index (χ0n) is 15.6. The molecule has 6 nitrogen and oxygen atoms in total. The summed E-state index contributed by atoms with van der Waals surface area (Å²) in [6.45, 7) is 2.93. The van der Waals surface area contributed by atoms with Crippen LogP contribution in [0, 0.1) is 5.92 Å². The number of fused-ring (bicyclic) bond motifs is 1. The molecule has 1 saturated carbocycles. The molecule has 150 valence electrons. The number of nitrogens with two attached hydrogens (primary N) is 1. The number of carbonyl (C=O) groups excluding carboxylic acids is 1. The van der Waals surface area contributed by atoms with Crippen LogP contribution in [0.2, 0.25) is 5.02 Å². The maximum atomic E-state index is 12.1. The number of halogens is 1. The van der Waals surface area contributed by atoms with Gasteiger partial charge in [0.1, 0.15) is 5.00 Å². The highest BCUT2D eigenvalue weighted by molar-refractivity contribution is 7.16. The minimum Gasteiger partial charge on any atom is -0.365 e. The molecule has 1 aliphatic carbocycles. The summed E-state index contributed by atoms with van der Waals surface area (Å²) < 4.78 is 0. The lowest BCUT2D eigenvalue weighted by molar-refractivity contribution is 0.0999. The minimum atomic E-state index is -1.05. The van der Waals surface area contributed by atoms with E-state index in [1.165, 1.54) is 35.5 Å². The van der Waals surface area contributed by atoms with E-state index in [0.717, 1.165) is 43.2 Å². The monoisotopic (exact) mass is 420 g/mol. The first-order valence-corrected chi connectivity index (χ1v) is 10.8. The van der Waals surface area contributed by atoms with E-state index in [4.69, 9.17) is 17.3 Å². The van der Waals surface area contributed by atoms with E-state index >= 15 is 0 Å². The Morgan fingerprint density at radius 1 is 1.32 bits per heavy atom. The predicted octanol–water partition coefficient (Wildman–Crippen LogP) is 3.46. The first-order valence-electron chi connectivity index (χ1n) is 9.63. The summed E-state index contributed by atoms with van der Waals surface area (Å²) in [7, 11) is 0. The number of anilines is 2. The number of hydrogen-bond donors (Lipinski definition) is 4. The normalized spacial score (nSPS) is 18.2. The molecule has 1 aromatic heterocycles. The second-order valence-corrected chi connectivity index (χ2v) is 9.09. The number of thiophene rings is 1. The van der Waals surface area contributed by atoms with Crippen molar-refractivity contribution in [2.45, 2.75) is 38.6 Å². The van der Waals surface area contributed by atoms with Crippen LogP contribution in [0.25, 0.3) is 0 Å². The summed E-state index contributed by atoms with van der Waals surface area (Å²) in [5.41, 5.74) is 7.94. The Labute approximate surface area is 173 Å². The second-order valence-electron chi connectivity index (χ2n) is 7.55. The molecule has 0 saturated heterocycles. The summed E-state index contributed by atoms with van der Waals surface area (Å²) >= 11 is 7.40. The fourth-order valence-electron chi connectivity index (χ4n) is 3.88. The molecule has 0 spiro atoms. The van der Waals surface area contributed by atoms with Crippen LogP contribution in [0.15, 0.2) is 24.3 Å². The van der Waals surface area contributed by atoms with Crippen LogP contribution in [-0.4, -0.2) is 35.4 Å². The van der Waals surface area contributed by atoms with Gasteiger partial charge in [0.05, 0.1) is 5.56 Å². The number of primary amides is 1. The molecule has 1 unspecified atom stereocenters. The molecule has 0 bridgehead atoms. The van der Waals surface area contributed by atoms with Crippen molar-refractivity contribution in [2.75, 3.05) is 23.7 Å². The van der Waals surface area contributed by atoms with Crippen molar-refractivity contribution in [3.8, 4) is 0 Å². The van der Waals surface area contributed by atoms with E-state index in [2.05, 4.69) is 15.5 Å². The van der Waals surface area contributed by atoms with Gasteiger partial charge in [-0.15, -0.1) is 11.3 Å². The Hall–Kier alpha value is -1.80.